The molecular formula is C22H22N2O3S. The number of benzene rings is 2. The van der Waals surface area contributed by atoms with Crippen LogP contribution in [0.25, 0.3) is 0 Å². The Morgan fingerprint density at radius 3 is 2.61 bits per heavy atom. The fourth-order valence-corrected chi connectivity index (χ4v) is 3.92. The Hall–Kier alpha value is -2.83. The number of nitrogens with one attached hydrogen (secondary N) is 2. The maximum absolute atomic E-state index is 12.8. The highest BCUT2D eigenvalue weighted by molar-refractivity contribution is 7.10. The molecule has 0 unspecified atom stereocenters. The summed E-state index contributed by atoms with van der Waals surface area (Å²) < 4.78 is 10.7. The second kappa shape index (κ2) is 8.04. The van der Waals surface area contributed by atoms with E-state index in [1.807, 2.05) is 19.1 Å². The molecule has 2 atom stereocenters. The Balaban J connectivity index is 1.48. The number of aryl methyl sites for hydroxylation is 1. The zero-order chi connectivity index (χ0) is 19.5. The van der Waals surface area contributed by atoms with Gasteiger partial charge in [-0.15, -0.1) is 11.3 Å². The van der Waals surface area contributed by atoms with Crippen LogP contribution in [0.1, 0.15) is 29.0 Å². The number of carbonyl (C=O) groups is 1. The minimum Gasteiger partial charge on any atom is -0.454 e. The quantitative estimate of drug-likeness (QED) is 0.647. The third kappa shape index (κ3) is 4.03. The van der Waals surface area contributed by atoms with Gasteiger partial charge in [0.2, 0.25) is 12.7 Å². The number of amides is 1. The van der Waals surface area contributed by atoms with Crippen molar-refractivity contribution in [2.24, 2.45) is 0 Å². The Bertz CT molecular complexity index is 954. The third-order valence-electron chi connectivity index (χ3n) is 4.69. The maximum atomic E-state index is 12.8. The molecule has 28 heavy (non-hydrogen) atoms. The molecule has 2 aromatic carbocycles. The van der Waals surface area contributed by atoms with E-state index in [0.29, 0.717) is 17.2 Å². The van der Waals surface area contributed by atoms with Crippen molar-refractivity contribution in [3.8, 4) is 11.5 Å². The average molecular weight is 394 g/mol. The number of hydrogen-bond donors (Lipinski definition) is 2. The van der Waals surface area contributed by atoms with Crippen LogP contribution in [0.2, 0.25) is 0 Å². The first-order valence-electron chi connectivity index (χ1n) is 9.17. The van der Waals surface area contributed by atoms with Crippen LogP contribution in [0.5, 0.6) is 11.5 Å². The van der Waals surface area contributed by atoms with Crippen LogP contribution in [-0.2, 0) is 4.79 Å². The van der Waals surface area contributed by atoms with Crippen molar-refractivity contribution in [1.82, 2.24) is 5.32 Å². The van der Waals surface area contributed by atoms with Gasteiger partial charge in [-0.2, -0.15) is 0 Å². The largest absolute Gasteiger partial charge is 0.454 e. The van der Waals surface area contributed by atoms with Gasteiger partial charge in [-0.25, -0.2) is 0 Å². The van der Waals surface area contributed by atoms with E-state index >= 15 is 0 Å². The molecule has 1 aromatic heterocycles. The molecule has 0 aliphatic carbocycles. The second-order valence-electron chi connectivity index (χ2n) is 6.80. The van der Waals surface area contributed by atoms with E-state index in [-0.39, 0.29) is 24.8 Å². The fourth-order valence-electron chi connectivity index (χ4n) is 3.11. The van der Waals surface area contributed by atoms with Gasteiger partial charge in [0, 0.05) is 16.6 Å². The normalized spacial score (nSPS) is 14.5. The van der Waals surface area contributed by atoms with Gasteiger partial charge >= 0.3 is 0 Å². The summed E-state index contributed by atoms with van der Waals surface area (Å²) in [6.45, 7) is 4.15. The highest BCUT2D eigenvalue weighted by Gasteiger charge is 2.22. The molecule has 0 fully saturated rings. The standard InChI is InChI=1S/C22H22N2O3S/c1-14-5-7-16(8-6-14)21(20-4-3-11-28-20)23-15(2)22(25)24-17-9-10-18-19(12-17)27-13-26-18/h3-12,15,21,23H,13H2,1-2H3,(H,24,25)/t15-,21+/m0/s1. The van der Waals surface area contributed by atoms with Crippen molar-refractivity contribution < 1.29 is 14.3 Å². The number of hydrogen-bond acceptors (Lipinski definition) is 5. The summed E-state index contributed by atoms with van der Waals surface area (Å²) in [6, 6.07) is 17.5. The van der Waals surface area contributed by atoms with Crippen LogP contribution >= 0.6 is 11.3 Å². The number of rotatable bonds is 6. The van der Waals surface area contributed by atoms with Gasteiger partial charge < -0.3 is 14.8 Å². The first-order valence-corrected chi connectivity index (χ1v) is 10.0. The first kappa shape index (κ1) is 18.5. The van der Waals surface area contributed by atoms with Crippen LogP contribution in [0.3, 0.4) is 0 Å². The minimum atomic E-state index is -0.390. The molecule has 2 N–H and O–H groups in total. The lowest BCUT2D eigenvalue weighted by atomic mass is 10.0. The molecule has 0 saturated heterocycles. The van der Waals surface area contributed by atoms with Crippen LogP contribution in [-0.4, -0.2) is 18.7 Å². The molecule has 0 bridgehead atoms. The fraction of sp³-hybridized carbons (Fsp3) is 0.227. The topological polar surface area (TPSA) is 59.6 Å². The summed E-state index contributed by atoms with van der Waals surface area (Å²) >= 11 is 1.68. The van der Waals surface area contributed by atoms with Crippen LogP contribution in [0.4, 0.5) is 5.69 Å². The Morgan fingerprint density at radius 1 is 1.07 bits per heavy atom. The van der Waals surface area contributed by atoms with E-state index in [2.05, 4.69) is 53.3 Å². The number of carbonyl (C=O) groups excluding carboxylic acids is 1. The lowest BCUT2D eigenvalue weighted by Gasteiger charge is -2.23. The molecule has 3 aromatic rings. The van der Waals surface area contributed by atoms with Gasteiger partial charge in [0.1, 0.15) is 0 Å². The van der Waals surface area contributed by atoms with Crippen LogP contribution in [0.15, 0.2) is 60.0 Å². The van der Waals surface area contributed by atoms with Gasteiger partial charge in [-0.05, 0) is 43.0 Å². The summed E-state index contributed by atoms with van der Waals surface area (Å²) in [4.78, 5) is 13.9. The summed E-state index contributed by atoms with van der Waals surface area (Å²) in [5.74, 6) is 1.24. The van der Waals surface area contributed by atoms with Crippen LogP contribution < -0.4 is 20.1 Å². The third-order valence-corrected chi connectivity index (χ3v) is 5.63. The van der Waals surface area contributed by atoms with E-state index in [4.69, 9.17) is 9.47 Å². The predicted octanol–water partition coefficient (Wildman–Crippen LogP) is 4.49. The predicted molar refractivity (Wildman–Crippen MR) is 111 cm³/mol. The van der Waals surface area contributed by atoms with E-state index in [1.165, 1.54) is 10.4 Å². The Labute approximate surface area is 168 Å². The molecule has 0 radical (unpaired) electrons. The summed E-state index contributed by atoms with van der Waals surface area (Å²) in [5, 5.41) is 8.47. The second-order valence-corrected chi connectivity index (χ2v) is 7.78. The van der Waals surface area contributed by atoms with Crippen LogP contribution in [0, 0.1) is 6.92 Å². The summed E-state index contributed by atoms with van der Waals surface area (Å²) in [5.41, 5.74) is 3.03. The molecule has 6 heteroatoms. The SMILES string of the molecule is Cc1ccc([C@@H](N[C@@H](C)C(=O)Nc2ccc3c(c2)OCO3)c2cccs2)cc1. The van der Waals surface area contributed by atoms with Crippen molar-refractivity contribution in [1.29, 1.82) is 0 Å². The molecule has 1 amide bonds. The zero-order valence-electron chi connectivity index (χ0n) is 15.8. The highest BCUT2D eigenvalue weighted by Crippen LogP contribution is 2.34. The van der Waals surface area contributed by atoms with Crippen molar-refractivity contribution >= 4 is 22.9 Å². The molecule has 0 spiro atoms. The molecule has 2 heterocycles. The Morgan fingerprint density at radius 2 is 1.86 bits per heavy atom. The molecule has 144 valence electrons. The van der Waals surface area contributed by atoms with Gasteiger partial charge in [-0.3, -0.25) is 10.1 Å². The first-order chi connectivity index (χ1) is 13.6. The van der Waals surface area contributed by atoms with Gasteiger partial charge in [0.25, 0.3) is 0 Å². The molecule has 5 nitrogen and oxygen atoms in total. The Kier molecular flexibility index (Phi) is 5.32. The lowest BCUT2D eigenvalue weighted by molar-refractivity contribution is -0.117. The number of thiophene rings is 1. The molecule has 0 saturated carbocycles. The minimum absolute atomic E-state index is 0.0434. The lowest BCUT2D eigenvalue weighted by Crippen LogP contribution is -2.40. The molecule has 1 aliphatic rings. The van der Waals surface area contributed by atoms with Gasteiger partial charge in [0.05, 0.1) is 12.1 Å². The summed E-state index contributed by atoms with van der Waals surface area (Å²) in [6.07, 6.45) is 0. The van der Waals surface area contributed by atoms with Gasteiger partial charge in [-0.1, -0.05) is 35.9 Å². The smallest absolute Gasteiger partial charge is 0.241 e. The van der Waals surface area contributed by atoms with Crippen molar-refractivity contribution in [2.75, 3.05) is 12.1 Å². The number of anilines is 1. The van der Waals surface area contributed by atoms with E-state index in [1.54, 1.807) is 23.5 Å². The van der Waals surface area contributed by atoms with Crippen molar-refractivity contribution in [3.63, 3.8) is 0 Å². The van der Waals surface area contributed by atoms with E-state index in [9.17, 15) is 4.79 Å². The molecule has 1 aliphatic heterocycles. The number of fused-ring (bicyclic) bond motifs is 1. The van der Waals surface area contributed by atoms with E-state index < -0.39 is 0 Å². The maximum Gasteiger partial charge on any atom is 0.241 e. The monoisotopic (exact) mass is 394 g/mol. The van der Waals surface area contributed by atoms with Crippen molar-refractivity contribution in [2.45, 2.75) is 25.9 Å². The average Bonchev–Trinajstić information content (AvgIpc) is 3.38. The number of ether oxygens (including phenoxy) is 2. The van der Waals surface area contributed by atoms with Gasteiger partial charge in [0.15, 0.2) is 11.5 Å². The molecule has 4 rings (SSSR count). The molecular weight excluding hydrogens is 372 g/mol. The zero-order valence-corrected chi connectivity index (χ0v) is 16.6. The highest BCUT2D eigenvalue weighted by atomic mass is 32.1. The summed E-state index contributed by atoms with van der Waals surface area (Å²) in [7, 11) is 0. The van der Waals surface area contributed by atoms with E-state index in [0.717, 1.165) is 5.56 Å². The van der Waals surface area contributed by atoms with Crippen molar-refractivity contribution in [3.05, 3.63) is 76.0 Å².